The average Bonchev–Trinajstić information content (AvgIpc) is 2.85. The van der Waals surface area contributed by atoms with Gasteiger partial charge in [-0.25, -0.2) is 8.42 Å². The van der Waals surface area contributed by atoms with Crippen LogP contribution in [0.4, 0.5) is 5.82 Å². The van der Waals surface area contributed by atoms with Gasteiger partial charge in [0.1, 0.15) is 5.82 Å². The molecule has 2 aromatic carbocycles. The van der Waals surface area contributed by atoms with Crippen LogP contribution in [0, 0.1) is 13.8 Å². The number of rotatable bonds is 5. The van der Waals surface area contributed by atoms with Gasteiger partial charge in [-0.15, -0.1) is 0 Å². The first-order valence-corrected chi connectivity index (χ1v) is 10.4. The normalized spacial score (nSPS) is 11.5. The average molecular weight is 434 g/mol. The Hall–Kier alpha value is -2.12. The highest BCUT2D eigenvalue weighted by atomic mass is 79.9. The van der Waals surface area contributed by atoms with E-state index in [9.17, 15) is 8.42 Å². The number of sulfonamides is 1. The molecule has 26 heavy (non-hydrogen) atoms. The summed E-state index contributed by atoms with van der Waals surface area (Å²) in [4.78, 5) is 0.298. The summed E-state index contributed by atoms with van der Waals surface area (Å²) in [5, 5.41) is 4.42. The predicted molar refractivity (Wildman–Crippen MR) is 107 cm³/mol. The standard InChI is InChI=1S/C19H20BrN3O2S/c1-13-9-16(20)10-14(2)19(13)26(24,25)22-18-12-17(21-23(18)3)11-15-7-5-4-6-8-15/h4-10,12,22H,11H2,1-3H3. The van der Waals surface area contributed by atoms with Crippen molar-refractivity contribution in [1.82, 2.24) is 9.78 Å². The molecule has 1 N–H and O–H groups in total. The van der Waals surface area contributed by atoms with Crippen LogP contribution in [0.15, 0.2) is 57.9 Å². The molecule has 136 valence electrons. The maximum absolute atomic E-state index is 12.9. The van der Waals surface area contributed by atoms with Crippen molar-refractivity contribution in [3.8, 4) is 0 Å². The lowest BCUT2D eigenvalue weighted by molar-refractivity contribution is 0.599. The van der Waals surface area contributed by atoms with Gasteiger partial charge in [-0.05, 0) is 42.7 Å². The summed E-state index contributed by atoms with van der Waals surface area (Å²) < 4.78 is 30.9. The third kappa shape index (κ3) is 3.99. The molecule has 7 heteroatoms. The second kappa shape index (κ2) is 7.25. The van der Waals surface area contributed by atoms with Gasteiger partial charge >= 0.3 is 0 Å². The van der Waals surface area contributed by atoms with Crippen molar-refractivity contribution in [2.75, 3.05) is 4.72 Å². The van der Waals surface area contributed by atoms with Crippen molar-refractivity contribution >= 4 is 31.8 Å². The minimum absolute atomic E-state index is 0.298. The monoisotopic (exact) mass is 433 g/mol. The van der Waals surface area contributed by atoms with Crippen molar-refractivity contribution in [1.29, 1.82) is 0 Å². The van der Waals surface area contributed by atoms with Gasteiger partial charge in [-0.1, -0.05) is 46.3 Å². The van der Waals surface area contributed by atoms with Crippen LogP contribution < -0.4 is 4.72 Å². The third-order valence-corrected chi connectivity index (χ3v) is 6.21. The van der Waals surface area contributed by atoms with Crippen molar-refractivity contribution in [2.45, 2.75) is 25.2 Å². The van der Waals surface area contributed by atoms with E-state index in [2.05, 4.69) is 25.8 Å². The van der Waals surface area contributed by atoms with E-state index in [-0.39, 0.29) is 0 Å². The Kier molecular flexibility index (Phi) is 5.20. The Bertz CT molecular complexity index is 1020. The van der Waals surface area contributed by atoms with Crippen LogP contribution in [0.5, 0.6) is 0 Å². The van der Waals surface area contributed by atoms with Gasteiger partial charge in [0.15, 0.2) is 0 Å². The number of benzene rings is 2. The van der Waals surface area contributed by atoms with E-state index >= 15 is 0 Å². The topological polar surface area (TPSA) is 64.0 Å². The molecule has 0 fully saturated rings. The smallest absolute Gasteiger partial charge is 0.263 e. The number of aryl methyl sites for hydroxylation is 3. The number of nitrogens with zero attached hydrogens (tertiary/aromatic N) is 2. The molecule has 0 spiro atoms. The van der Waals surface area contributed by atoms with Gasteiger partial charge in [0, 0.05) is 24.0 Å². The number of nitrogens with one attached hydrogen (secondary N) is 1. The summed E-state index contributed by atoms with van der Waals surface area (Å²) in [6.45, 7) is 3.58. The summed E-state index contributed by atoms with van der Waals surface area (Å²) in [7, 11) is -1.98. The van der Waals surface area contributed by atoms with E-state index in [0.29, 0.717) is 28.3 Å². The first kappa shape index (κ1) is 18.7. The van der Waals surface area contributed by atoms with E-state index in [0.717, 1.165) is 15.7 Å². The van der Waals surface area contributed by atoms with Crippen LogP contribution in [0.25, 0.3) is 0 Å². The van der Waals surface area contributed by atoms with E-state index < -0.39 is 10.0 Å². The summed E-state index contributed by atoms with van der Waals surface area (Å²) in [5.41, 5.74) is 3.31. The third-order valence-electron chi connectivity index (χ3n) is 4.09. The van der Waals surface area contributed by atoms with Crippen LogP contribution in [0.1, 0.15) is 22.4 Å². The number of anilines is 1. The van der Waals surface area contributed by atoms with Crippen LogP contribution in [0.3, 0.4) is 0 Å². The fourth-order valence-electron chi connectivity index (χ4n) is 3.02. The molecule has 0 aliphatic carbocycles. The molecule has 0 amide bonds. The summed E-state index contributed by atoms with van der Waals surface area (Å²) in [6, 6.07) is 15.3. The molecule has 0 aliphatic heterocycles. The van der Waals surface area contributed by atoms with Crippen LogP contribution in [-0.4, -0.2) is 18.2 Å². The second-order valence-electron chi connectivity index (χ2n) is 6.28. The van der Waals surface area contributed by atoms with Crippen molar-refractivity contribution in [3.63, 3.8) is 0 Å². The van der Waals surface area contributed by atoms with E-state index in [1.54, 1.807) is 43.8 Å². The highest BCUT2D eigenvalue weighted by Crippen LogP contribution is 2.27. The zero-order valence-electron chi connectivity index (χ0n) is 14.8. The van der Waals surface area contributed by atoms with Crippen LogP contribution >= 0.6 is 15.9 Å². The molecule has 1 aromatic heterocycles. The maximum Gasteiger partial charge on any atom is 0.263 e. The molecule has 0 unspecified atom stereocenters. The number of aromatic nitrogens is 2. The largest absolute Gasteiger partial charge is 0.264 e. The molecule has 5 nitrogen and oxygen atoms in total. The molecule has 0 atom stereocenters. The fourth-order valence-corrected chi connectivity index (χ4v) is 5.24. The van der Waals surface area contributed by atoms with Gasteiger partial charge < -0.3 is 0 Å². The Morgan fingerprint density at radius 3 is 2.31 bits per heavy atom. The Labute approximate surface area is 162 Å². The van der Waals surface area contributed by atoms with E-state index in [4.69, 9.17) is 0 Å². The minimum atomic E-state index is -3.71. The van der Waals surface area contributed by atoms with E-state index in [1.807, 2.05) is 30.3 Å². The van der Waals surface area contributed by atoms with Gasteiger partial charge in [-0.3, -0.25) is 9.40 Å². The molecular weight excluding hydrogens is 414 g/mol. The second-order valence-corrected chi connectivity index (χ2v) is 8.82. The predicted octanol–water partition coefficient (Wildman–Crippen LogP) is 4.19. The SMILES string of the molecule is Cc1cc(Br)cc(C)c1S(=O)(=O)Nc1cc(Cc2ccccc2)nn1C. The number of hydrogen-bond donors (Lipinski definition) is 1. The van der Waals surface area contributed by atoms with Crippen LogP contribution in [-0.2, 0) is 23.5 Å². The first-order chi connectivity index (χ1) is 12.3. The van der Waals surface area contributed by atoms with Crippen molar-refractivity contribution in [3.05, 3.63) is 75.4 Å². The molecular formula is C19H20BrN3O2S. The lowest BCUT2D eigenvalue weighted by atomic mass is 10.1. The van der Waals surface area contributed by atoms with Crippen molar-refractivity contribution < 1.29 is 8.42 Å². The summed E-state index contributed by atoms with van der Waals surface area (Å²) >= 11 is 3.40. The quantitative estimate of drug-likeness (QED) is 0.655. The molecule has 0 saturated heterocycles. The summed E-state index contributed by atoms with van der Waals surface area (Å²) in [6.07, 6.45) is 0.646. The van der Waals surface area contributed by atoms with Gasteiger partial charge in [0.25, 0.3) is 10.0 Å². The Morgan fingerprint density at radius 2 is 1.69 bits per heavy atom. The highest BCUT2D eigenvalue weighted by Gasteiger charge is 2.22. The molecule has 3 aromatic rings. The highest BCUT2D eigenvalue weighted by molar-refractivity contribution is 9.10. The number of hydrogen-bond acceptors (Lipinski definition) is 3. The Balaban J connectivity index is 1.89. The van der Waals surface area contributed by atoms with Gasteiger partial charge in [-0.2, -0.15) is 5.10 Å². The Morgan fingerprint density at radius 1 is 1.08 bits per heavy atom. The minimum Gasteiger partial charge on any atom is -0.264 e. The van der Waals surface area contributed by atoms with Gasteiger partial charge in [0.05, 0.1) is 10.6 Å². The number of halogens is 1. The lowest BCUT2D eigenvalue weighted by Gasteiger charge is -2.13. The molecule has 0 bridgehead atoms. The van der Waals surface area contributed by atoms with Crippen LogP contribution in [0.2, 0.25) is 0 Å². The molecule has 0 radical (unpaired) electrons. The zero-order valence-corrected chi connectivity index (χ0v) is 17.2. The molecule has 0 saturated carbocycles. The van der Waals surface area contributed by atoms with Crippen molar-refractivity contribution in [2.24, 2.45) is 7.05 Å². The fraction of sp³-hybridized carbons (Fsp3) is 0.211. The molecule has 0 aliphatic rings. The molecule has 3 rings (SSSR count). The lowest BCUT2D eigenvalue weighted by Crippen LogP contribution is -2.17. The zero-order chi connectivity index (χ0) is 18.9. The first-order valence-electron chi connectivity index (χ1n) is 8.12. The molecule has 1 heterocycles. The van der Waals surface area contributed by atoms with Gasteiger partial charge in [0.2, 0.25) is 0 Å². The maximum atomic E-state index is 12.9. The summed E-state index contributed by atoms with van der Waals surface area (Å²) in [5.74, 6) is 0.442. The van der Waals surface area contributed by atoms with E-state index in [1.165, 1.54) is 0 Å².